The first-order valence-corrected chi connectivity index (χ1v) is 16.2. The van der Waals surface area contributed by atoms with Crippen LogP contribution in [0.3, 0.4) is 0 Å². The first kappa shape index (κ1) is 28.5. The first-order valence-electron chi connectivity index (χ1n) is 13.8. The largest absolute Gasteiger partial charge is 0.434 e. The maximum absolute atomic E-state index is 13.3. The van der Waals surface area contributed by atoms with Gasteiger partial charge in [0.25, 0.3) is 8.32 Å². The Morgan fingerprint density at radius 2 is 1.60 bits per heavy atom. The van der Waals surface area contributed by atoms with Gasteiger partial charge in [0.1, 0.15) is 10.9 Å². The van der Waals surface area contributed by atoms with Gasteiger partial charge in [-0.2, -0.15) is 13.9 Å². The molecule has 1 aliphatic rings. The van der Waals surface area contributed by atoms with Crippen molar-refractivity contribution >= 4 is 35.9 Å². The molecule has 216 valence electrons. The smallest absolute Gasteiger partial charge is 0.387 e. The summed E-state index contributed by atoms with van der Waals surface area (Å²) in [7, 11) is -3.29. The second kappa shape index (κ2) is 11.2. The van der Waals surface area contributed by atoms with Crippen LogP contribution in [0.4, 0.5) is 8.78 Å². The Hall–Kier alpha value is -3.63. The van der Waals surface area contributed by atoms with E-state index in [0.717, 1.165) is 21.8 Å². The van der Waals surface area contributed by atoms with Gasteiger partial charge in [-0.25, -0.2) is 9.50 Å². The number of nitrogens with one attached hydrogen (secondary N) is 1. The number of benzene rings is 3. The molecule has 0 bridgehead atoms. The molecule has 1 aliphatic heterocycles. The van der Waals surface area contributed by atoms with Crippen molar-refractivity contribution in [3.8, 4) is 5.75 Å². The molecule has 10 heteroatoms. The van der Waals surface area contributed by atoms with Gasteiger partial charge in [0.2, 0.25) is 0 Å². The highest BCUT2D eigenvalue weighted by Crippen LogP contribution is 2.47. The normalized spacial score (nSPS) is 17.4. The number of fused-ring (bicyclic) bond motifs is 3. The Bertz CT molecular complexity index is 1660. The Kier molecular flexibility index (Phi) is 7.61. The number of ether oxygens (including phenoxy) is 1. The summed E-state index contributed by atoms with van der Waals surface area (Å²) in [5, 5.41) is 9.73. The average molecular weight is 605 g/mol. The van der Waals surface area contributed by atoms with Crippen molar-refractivity contribution in [1.29, 1.82) is 0 Å². The highest BCUT2D eigenvalue weighted by Gasteiger charge is 2.51. The van der Waals surface area contributed by atoms with Gasteiger partial charge in [-0.3, -0.25) is 0 Å². The number of alkyl halides is 2. The lowest BCUT2D eigenvalue weighted by atomic mass is 9.86. The molecule has 6 nitrogen and oxygen atoms in total. The second-order valence-corrected chi connectivity index (χ2v) is 15.6. The van der Waals surface area contributed by atoms with Gasteiger partial charge in [0, 0.05) is 18.0 Å². The van der Waals surface area contributed by atoms with Gasteiger partial charge in [-0.1, -0.05) is 104 Å². The molecule has 2 atom stereocenters. The van der Waals surface area contributed by atoms with E-state index in [1.807, 2.05) is 60.7 Å². The van der Waals surface area contributed by atoms with Crippen LogP contribution in [0, 0.1) is 0 Å². The third-order valence-corrected chi connectivity index (χ3v) is 13.0. The van der Waals surface area contributed by atoms with E-state index in [-0.39, 0.29) is 16.8 Å². The molecule has 0 spiro atoms. The van der Waals surface area contributed by atoms with Crippen molar-refractivity contribution < 1.29 is 18.3 Å². The standard InChI is InChI=1S/C32H31ClF2N4O2Si/c1-32(2,42(40,22-11-5-3-6-12-22)23-13-7-4-8-14-23)19-21-20-36-29(24-15-9-10-16-25(24)41-31(34)35)30-28(21)37-27-18-17-26(33)38-39(27)30/h3-18,21,29,31,36,40H,19-20H2,1-2H3/t21-,29-/m1/s1. The van der Waals surface area contributed by atoms with Crippen LogP contribution < -0.4 is 20.4 Å². The quantitative estimate of drug-likeness (QED) is 0.223. The summed E-state index contributed by atoms with van der Waals surface area (Å²) in [4.78, 5) is 17.8. The molecule has 0 fully saturated rings. The minimum Gasteiger partial charge on any atom is -0.434 e. The van der Waals surface area contributed by atoms with Crippen LogP contribution >= 0.6 is 11.6 Å². The van der Waals surface area contributed by atoms with Crippen LogP contribution in [-0.2, 0) is 0 Å². The van der Waals surface area contributed by atoms with Crippen molar-refractivity contribution in [1.82, 2.24) is 19.9 Å². The van der Waals surface area contributed by atoms with Crippen LogP contribution in [0.15, 0.2) is 97.1 Å². The summed E-state index contributed by atoms with van der Waals surface area (Å²) < 4.78 is 33.3. The number of halogens is 3. The summed E-state index contributed by atoms with van der Waals surface area (Å²) in [5.41, 5.74) is 2.67. The first-order chi connectivity index (χ1) is 20.2. The third kappa shape index (κ3) is 5.00. The zero-order chi connectivity index (χ0) is 29.5. The van der Waals surface area contributed by atoms with E-state index in [0.29, 0.717) is 24.2 Å². The summed E-state index contributed by atoms with van der Waals surface area (Å²) in [5.74, 6) is -0.0250. The Labute approximate surface area is 249 Å². The summed E-state index contributed by atoms with van der Waals surface area (Å²) in [6.45, 7) is 1.80. The molecule has 3 aromatic carbocycles. The van der Waals surface area contributed by atoms with Crippen LogP contribution in [0.2, 0.25) is 10.2 Å². The average Bonchev–Trinajstić information content (AvgIpc) is 3.37. The number of rotatable bonds is 8. The number of para-hydroxylation sites is 1. The van der Waals surface area contributed by atoms with E-state index >= 15 is 0 Å². The van der Waals surface area contributed by atoms with Crippen molar-refractivity contribution in [3.63, 3.8) is 0 Å². The lowest BCUT2D eigenvalue weighted by molar-refractivity contribution is -0.0506. The zero-order valence-electron chi connectivity index (χ0n) is 23.2. The minimum absolute atomic E-state index is 0.0849. The summed E-state index contributed by atoms with van der Waals surface area (Å²) >= 11 is 6.32. The second-order valence-electron chi connectivity index (χ2n) is 11.3. The van der Waals surface area contributed by atoms with E-state index in [4.69, 9.17) is 21.3 Å². The van der Waals surface area contributed by atoms with Gasteiger partial charge >= 0.3 is 6.61 Å². The fraction of sp³-hybridized carbons (Fsp3) is 0.250. The van der Waals surface area contributed by atoms with Crippen LogP contribution in [0.5, 0.6) is 5.75 Å². The molecule has 3 heterocycles. The van der Waals surface area contributed by atoms with Crippen molar-refractivity contribution in [2.24, 2.45) is 0 Å². The van der Waals surface area contributed by atoms with Crippen molar-refractivity contribution in [2.45, 2.75) is 43.9 Å². The predicted molar refractivity (Wildman–Crippen MR) is 162 cm³/mol. The lowest BCUT2D eigenvalue weighted by Gasteiger charge is -2.44. The van der Waals surface area contributed by atoms with Crippen LogP contribution in [-0.4, -0.2) is 40.9 Å². The summed E-state index contributed by atoms with van der Waals surface area (Å²) in [6, 6.07) is 29.5. The minimum atomic E-state index is -3.29. The van der Waals surface area contributed by atoms with Crippen LogP contribution in [0.1, 0.15) is 49.2 Å². The third-order valence-electron chi connectivity index (χ3n) is 8.30. The topological polar surface area (TPSA) is 71.7 Å². The molecule has 2 aromatic heterocycles. The fourth-order valence-electron chi connectivity index (χ4n) is 6.39. The monoisotopic (exact) mass is 604 g/mol. The molecule has 0 unspecified atom stereocenters. The Balaban J connectivity index is 1.46. The van der Waals surface area contributed by atoms with E-state index in [9.17, 15) is 13.6 Å². The number of aromatic nitrogens is 3. The van der Waals surface area contributed by atoms with Gasteiger partial charge in [-0.15, -0.1) is 0 Å². The van der Waals surface area contributed by atoms with Crippen molar-refractivity contribution in [2.75, 3.05) is 6.54 Å². The molecule has 0 saturated heterocycles. The molecule has 42 heavy (non-hydrogen) atoms. The highest BCUT2D eigenvalue weighted by atomic mass is 35.5. The molecule has 2 N–H and O–H groups in total. The fourth-order valence-corrected chi connectivity index (χ4v) is 10.3. The SMILES string of the molecule is CC(C)(C[C@@H]1CN[C@H](c2ccccc2OC(F)F)c2c1nc1ccc(Cl)nn21)[Si](O)(c1ccccc1)c1ccccc1. The van der Waals surface area contributed by atoms with E-state index in [2.05, 4.69) is 24.3 Å². The van der Waals surface area contributed by atoms with Crippen LogP contribution in [0.25, 0.3) is 5.65 Å². The molecule has 6 rings (SSSR count). The maximum Gasteiger partial charge on any atom is 0.387 e. The Morgan fingerprint density at radius 3 is 2.24 bits per heavy atom. The maximum atomic E-state index is 13.3. The van der Waals surface area contributed by atoms with Gasteiger partial charge in [0.15, 0.2) is 5.65 Å². The molecule has 0 aliphatic carbocycles. The van der Waals surface area contributed by atoms with E-state index < -0.39 is 26.0 Å². The predicted octanol–water partition coefficient (Wildman–Crippen LogP) is 5.68. The lowest BCUT2D eigenvalue weighted by Crippen LogP contribution is -2.65. The van der Waals surface area contributed by atoms with Gasteiger partial charge in [-0.05, 0) is 40.0 Å². The van der Waals surface area contributed by atoms with Crippen molar-refractivity contribution in [3.05, 3.63) is 119 Å². The van der Waals surface area contributed by atoms with Gasteiger partial charge in [0.05, 0.1) is 17.4 Å². The van der Waals surface area contributed by atoms with E-state index in [1.54, 1.807) is 34.8 Å². The number of hydrogen-bond acceptors (Lipinski definition) is 5. The molecular formula is C32H31ClF2N4O2Si. The number of imidazole rings is 1. The number of hydrogen-bond donors (Lipinski definition) is 2. The van der Waals surface area contributed by atoms with Gasteiger partial charge < -0.3 is 14.8 Å². The van der Waals surface area contributed by atoms with E-state index in [1.165, 1.54) is 6.07 Å². The molecule has 0 radical (unpaired) electrons. The molecule has 0 saturated carbocycles. The highest BCUT2D eigenvalue weighted by molar-refractivity contribution is 6.98. The molecular weight excluding hydrogens is 574 g/mol. The zero-order valence-corrected chi connectivity index (χ0v) is 25.0. The molecule has 5 aromatic rings. The number of nitrogens with zero attached hydrogens (tertiary/aromatic N) is 3. The summed E-state index contributed by atoms with van der Waals surface area (Å²) in [6.07, 6.45) is 0.610. The molecule has 0 amide bonds. The Morgan fingerprint density at radius 1 is 0.976 bits per heavy atom.